The lowest BCUT2D eigenvalue weighted by atomic mass is 9.48. The molecule has 4 aliphatic rings. The minimum atomic E-state index is -0.00150. The lowest BCUT2D eigenvalue weighted by Crippen LogP contribution is -2.49. The van der Waals surface area contributed by atoms with Crippen molar-refractivity contribution >= 4 is 5.91 Å². The number of rotatable bonds is 2. The summed E-state index contributed by atoms with van der Waals surface area (Å²) in [5.41, 5.74) is 2.21. The summed E-state index contributed by atoms with van der Waals surface area (Å²) in [6.07, 6.45) is 10.0. The minimum absolute atomic E-state index is 0.00150. The molecule has 1 N–H and O–H groups in total. The number of pyridine rings is 1. The topological polar surface area (TPSA) is 42.0 Å². The second-order valence-electron chi connectivity index (χ2n) is 7.21. The largest absolute Gasteiger partial charge is 0.355 e. The van der Waals surface area contributed by atoms with Gasteiger partial charge < -0.3 is 5.32 Å². The van der Waals surface area contributed by atoms with Gasteiger partial charge in [0.15, 0.2) is 0 Å². The van der Waals surface area contributed by atoms with Crippen molar-refractivity contribution in [2.75, 3.05) is 7.05 Å². The van der Waals surface area contributed by atoms with Crippen LogP contribution in [0.25, 0.3) is 0 Å². The third-order valence-corrected chi connectivity index (χ3v) is 5.83. The number of hydrogen-bond donors (Lipinski definition) is 1. The van der Waals surface area contributed by atoms with Gasteiger partial charge in [0.2, 0.25) is 0 Å². The maximum Gasteiger partial charge on any atom is 0.251 e. The third kappa shape index (κ3) is 1.79. The third-order valence-electron chi connectivity index (χ3n) is 5.83. The van der Waals surface area contributed by atoms with Crippen LogP contribution in [0.1, 0.15) is 54.6 Å². The van der Waals surface area contributed by atoms with Gasteiger partial charge in [-0.3, -0.25) is 9.78 Å². The second kappa shape index (κ2) is 4.31. The Bertz CT molecular complexity index is 516. The van der Waals surface area contributed by atoms with Crippen LogP contribution in [-0.2, 0) is 5.41 Å². The van der Waals surface area contributed by atoms with Crippen molar-refractivity contribution in [3.8, 4) is 0 Å². The number of carbonyl (C=O) groups excluding carboxylic acids is 1. The van der Waals surface area contributed by atoms with E-state index in [4.69, 9.17) is 0 Å². The fourth-order valence-electron chi connectivity index (χ4n) is 5.43. The molecule has 5 rings (SSSR count). The van der Waals surface area contributed by atoms with E-state index in [2.05, 4.69) is 10.3 Å². The summed E-state index contributed by atoms with van der Waals surface area (Å²) in [6.45, 7) is 0. The van der Waals surface area contributed by atoms with E-state index >= 15 is 0 Å². The van der Waals surface area contributed by atoms with Crippen molar-refractivity contribution in [2.24, 2.45) is 17.8 Å². The van der Waals surface area contributed by atoms with Gasteiger partial charge in [-0.25, -0.2) is 0 Å². The predicted octanol–water partition coefficient (Wildman–Crippen LogP) is 2.91. The van der Waals surface area contributed by atoms with E-state index in [-0.39, 0.29) is 11.3 Å². The molecule has 1 heterocycles. The first-order valence-corrected chi connectivity index (χ1v) is 7.87. The molecule has 0 unspecified atom stereocenters. The zero-order chi connectivity index (χ0) is 13.7. The molecule has 0 spiro atoms. The number of nitrogens with zero attached hydrogens (tertiary/aromatic N) is 1. The van der Waals surface area contributed by atoms with Crippen molar-refractivity contribution < 1.29 is 4.79 Å². The summed E-state index contributed by atoms with van der Waals surface area (Å²) in [7, 11) is 1.69. The molecule has 0 aromatic carbocycles. The van der Waals surface area contributed by atoms with Gasteiger partial charge >= 0.3 is 0 Å². The van der Waals surface area contributed by atoms with E-state index < -0.39 is 0 Å². The Morgan fingerprint density at radius 1 is 1.20 bits per heavy atom. The summed E-state index contributed by atoms with van der Waals surface area (Å²) >= 11 is 0. The fourth-order valence-corrected chi connectivity index (χ4v) is 5.43. The van der Waals surface area contributed by atoms with Crippen molar-refractivity contribution in [3.63, 3.8) is 0 Å². The Balaban J connectivity index is 1.72. The highest BCUT2D eigenvalue weighted by atomic mass is 16.1. The van der Waals surface area contributed by atoms with Gasteiger partial charge in [-0.1, -0.05) is 0 Å². The maximum atomic E-state index is 11.9. The molecule has 1 aromatic rings. The number of aromatic nitrogens is 1. The summed E-state index contributed by atoms with van der Waals surface area (Å²) in [6, 6.07) is 3.87. The van der Waals surface area contributed by atoms with Crippen molar-refractivity contribution in [2.45, 2.75) is 43.9 Å². The molecule has 4 saturated carbocycles. The van der Waals surface area contributed by atoms with Crippen LogP contribution in [0.15, 0.2) is 18.3 Å². The summed E-state index contributed by atoms with van der Waals surface area (Å²) in [4.78, 5) is 16.5. The van der Waals surface area contributed by atoms with Crippen molar-refractivity contribution in [3.05, 3.63) is 29.6 Å². The van der Waals surface area contributed by atoms with E-state index in [1.165, 1.54) is 44.2 Å². The molecule has 0 radical (unpaired) electrons. The normalized spacial score (nSPS) is 38.0. The molecule has 0 aliphatic heterocycles. The molecule has 4 aliphatic carbocycles. The summed E-state index contributed by atoms with van der Waals surface area (Å²) < 4.78 is 0. The molecule has 4 fully saturated rings. The molecule has 20 heavy (non-hydrogen) atoms. The first kappa shape index (κ1) is 12.4. The number of carbonyl (C=O) groups is 1. The molecule has 0 atom stereocenters. The Morgan fingerprint density at radius 3 is 2.35 bits per heavy atom. The van der Waals surface area contributed by atoms with E-state index in [0.29, 0.717) is 0 Å². The highest BCUT2D eigenvalue weighted by molar-refractivity contribution is 5.94. The maximum absolute atomic E-state index is 11.9. The second-order valence-corrected chi connectivity index (χ2v) is 7.21. The molecule has 4 bridgehead atoms. The first-order chi connectivity index (χ1) is 9.68. The number of hydrogen-bond acceptors (Lipinski definition) is 2. The predicted molar refractivity (Wildman–Crippen MR) is 77.5 cm³/mol. The Morgan fingerprint density at radius 2 is 1.80 bits per heavy atom. The van der Waals surface area contributed by atoms with Gasteiger partial charge in [-0.05, 0) is 68.4 Å². The van der Waals surface area contributed by atoms with Gasteiger partial charge in [-0.2, -0.15) is 0 Å². The van der Waals surface area contributed by atoms with Crippen LogP contribution in [0.5, 0.6) is 0 Å². The minimum Gasteiger partial charge on any atom is -0.355 e. The van der Waals surface area contributed by atoms with Crippen LogP contribution < -0.4 is 5.32 Å². The van der Waals surface area contributed by atoms with E-state index in [1.54, 1.807) is 7.05 Å². The summed E-state index contributed by atoms with van der Waals surface area (Å²) in [5.74, 6) is 2.73. The van der Waals surface area contributed by atoms with E-state index in [9.17, 15) is 4.79 Å². The van der Waals surface area contributed by atoms with E-state index in [0.717, 1.165) is 23.3 Å². The van der Waals surface area contributed by atoms with Crippen LogP contribution in [0.4, 0.5) is 0 Å². The smallest absolute Gasteiger partial charge is 0.251 e. The average Bonchev–Trinajstić information content (AvgIpc) is 2.45. The zero-order valence-electron chi connectivity index (χ0n) is 12.1. The lowest BCUT2D eigenvalue weighted by molar-refractivity contribution is -0.00721. The van der Waals surface area contributed by atoms with Crippen LogP contribution in [0.2, 0.25) is 0 Å². The molecule has 1 amide bonds. The van der Waals surface area contributed by atoms with Gasteiger partial charge in [-0.15, -0.1) is 0 Å². The quantitative estimate of drug-likeness (QED) is 0.898. The number of amides is 1. The fraction of sp³-hybridized carbons (Fsp3) is 0.647. The molecule has 0 saturated heterocycles. The lowest BCUT2D eigenvalue weighted by Gasteiger charge is -2.56. The van der Waals surface area contributed by atoms with Gasteiger partial charge in [0.1, 0.15) is 0 Å². The van der Waals surface area contributed by atoms with Crippen LogP contribution in [0, 0.1) is 17.8 Å². The van der Waals surface area contributed by atoms with Crippen LogP contribution in [-0.4, -0.2) is 17.9 Å². The Labute approximate surface area is 120 Å². The molecular formula is C17H22N2O. The van der Waals surface area contributed by atoms with E-state index in [1.807, 2.05) is 18.3 Å². The van der Waals surface area contributed by atoms with Gasteiger partial charge in [0, 0.05) is 29.9 Å². The molecule has 3 heteroatoms. The monoisotopic (exact) mass is 270 g/mol. The van der Waals surface area contributed by atoms with Gasteiger partial charge in [0.25, 0.3) is 5.91 Å². The molecular weight excluding hydrogens is 248 g/mol. The average molecular weight is 270 g/mol. The van der Waals surface area contributed by atoms with Crippen molar-refractivity contribution in [1.82, 2.24) is 10.3 Å². The SMILES string of the molecule is CNC(=O)c1ccnc(C23CC4CC(CC(C4)C2)C3)c1. The highest BCUT2D eigenvalue weighted by Crippen LogP contribution is 2.60. The van der Waals surface area contributed by atoms with Crippen LogP contribution in [0.3, 0.4) is 0 Å². The van der Waals surface area contributed by atoms with Gasteiger partial charge in [0.05, 0.1) is 0 Å². The Hall–Kier alpha value is -1.38. The molecule has 106 valence electrons. The zero-order valence-corrected chi connectivity index (χ0v) is 12.1. The number of nitrogens with one attached hydrogen (secondary N) is 1. The standard InChI is InChI=1S/C17H22N2O/c1-18-16(20)14-2-3-19-15(7-14)17-8-11-4-12(9-17)6-13(5-11)10-17/h2-3,7,11-13H,4-6,8-10H2,1H3,(H,18,20). The highest BCUT2D eigenvalue weighted by Gasteiger charge is 2.52. The van der Waals surface area contributed by atoms with Crippen LogP contribution >= 0.6 is 0 Å². The Kier molecular flexibility index (Phi) is 2.66. The summed E-state index contributed by atoms with van der Waals surface area (Å²) in [5, 5.41) is 2.72. The molecule has 3 nitrogen and oxygen atoms in total. The van der Waals surface area contributed by atoms with Crippen molar-refractivity contribution in [1.29, 1.82) is 0 Å². The molecule has 1 aromatic heterocycles. The first-order valence-electron chi connectivity index (χ1n) is 7.87.